The predicted octanol–water partition coefficient (Wildman–Crippen LogP) is 3.81. The van der Waals surface area contributed by atoms with E-state index in [1.807, 2.05) is 0 Å². The summed E-state index contributed by atoms with van der Waals surface area (Å²) in [5, 5.41) is 32.1. The number of nitro groups is 1. The number of rotatable bonds is 10. The molecule has 0 bridgehead atoms. The fourth-order valence-corrected chi connectivity index (χ4v) is 3.00. The average molecular weight is 585 g/mol. The predicted molar refractivity (Wildman–Crippen MR) is 113 cm³/mol. The van der Waals surface area contributed by atoms with Crippen molar-refractivity contribution in [2.24, 2.45) is 0 Å². The fraction of sp³-hybridized carbons (Fsp3) is 0.250. The van der Waals surface area contributed by atoms with Gasteiger partial charge >= 0.3 is 29.7 Å². The lowest BCUT2D eigenvalue weighted by Crippen LogP contribution is -2.61. The van der Waals surface area contributed by atoms with Crippen molar-refractivity contribution in [2.75, 3.05) is 6.61 Å². The van der Waals surface area contributed by atoms with Crippen molar-refractivity contribution in [3.63, 3.8) is 0 Å². The average Bonchev–Trinajstić information content (AvgIpc) is 2.77. The number of ether oxygens (including phenoxy) is 1. The molecular formula is C20H14BrF5N2O8. The Labute approximate surface area is 205 Å². The summed E-state index contributed by atoms with van der Waals surface area (Å²) in [5.74, 6) is -12.0. The van der Waals surface area contributed by atoms with Crippen LogP contribution >= 0.6 is 15.9 Å². The van der Waals surface area contributed by atoms with Crippen molar-refractivity contribution in [3.8, 4) is 5.75 Å². The van der Waals surface area contributed by atoms with Gasteiger partial charge in [0.15, 0.2) is 12.4 Å². The van der Waals surface area contributed by atoms with E-state index >= 15 is 0 Å². The number of nitro benzene ring substituents is 1. The maximum Gasteiger partial charge on any atom is 0.456 e. The number of nitrogens with zero attached hydrogens (tertiary/aromatic N) is 1. The van der Waals surface area contributed by atoms with Gasteiger partial charge in [0, 0.05) is 28.6 Å². The van der Waals surface area contributed by atoms with Crippen LogP contribution in [-0.2, 0) is 16.0 Å². The molecule has 36 heavy (non-hydrogen) atoms. The van der Waals surface area contributed by atoms with Gasteiger partial charge in [0.1, 0.15) is 0 Å². The van der Waals surface area contributed by atoms with Crippen molar-refractivity contribution < 1.29 is 56.2 Å². The maximum atomic E-state index is 13.2. The molecule has 16 heteroatoms. The molecule has 0 unspecified atom stereocenters. The summed E-state index contributed by atoms with van der Waals surface area (Å²) in [5.41, 5.74) is -4.57. The Morgan fingerprint density at radius 1 is 1.00 bits per heavy atom. The van der Waals surface area contributed by atoms with Crippen LogP contribution < -0.4 is 10.1 Å². The number of nitrogens with one attached hydrogen (secondary N) is 1. The molecule has 0 aliphatic heterocycles. The standard InChI is InChI=1S/C20H14BrF5N2O8/c21-12-4-1-10(2-5-12)8-18(16(30)31,17(32)33)27-15(29)11-3-6-13(28(34)35)14(7-11)36-9-19(22,23)20(24,25)26/h1-7H,8-9H2,(H,27,29)(H,30,31)(H,32,33). The molecule has 194 valence electrons. The number of carbonyl (C=O) groups is 3. The van der Waals surface area contributed by atoms with E-state index in [9.17, 15) is 56.7 Å². The van der Waals surface area contributed by atoms with E-state index < -0.39 is 70.4 Å². The number of carboxylic acid groups (broad SMARTS) is 2. The molecule has 0 saturated heterocycles. The Morgan fingerprint density at radius 2 is 1.56 bits per heavy atom. The van der Waals surface area contributed by atoms with Gasteiger partial charge in [-0.15, -0.1) is 0 Å². The highest BCUT2D eigenvalue weighted by Crippen LogP contribution is 2.37. The van der Waals surface area contributed by atoms with E-state index in [4.69, 9.17) is 0 Å². The SMILES string of the molecule is O=C(NC(Cc1ccc(Br)cc1)(C(=O)O)C(=O)O)c1ccc([N+](=O)[O-])c(OCC(F)(F)C(F)(F)F)c1. The Bertz CT molecular complexity index is 1170. The summed E-state index contributed by atoms with van der Waals surface area (Å²) in [4.78, 5) is 46.5. The molecule has 2 aromatic carbocycles. The number of amides is 1. The van der Waals surface area contributed by atoms with Crippen molar-refractivity contribution in [1.29, 1.82) is 0 Å². The Kier molecular flexibility index (Phi) is 8.23. The minimum Gasteiger partial charge on any atom is -0.480 e. The molecule has 0 fully saturated rings. The van der Waals surface area contributed by atoms with Gasteiger partial charge < -0.3 is 20.3 Å². The fourth-order valence-electron chi connectivity index (χ4n) is 2.74. The van der Waals surface area contributed by atoms with Crippen LogP contribution in [0.2, 0.25) is 0 Å². The highest BCUT2D eigenvalue weighted by Gasteiger charge is 2.58. The van der Waals surface area contributed by atoms with E-state index in [0.29, 0.717) is 22.7 Å². The number of benzene rings is 2. The first-order valence-corrected chi connectivity index (χ1v) is 10.2. The maximum absolute atomic E-state index is 13.2. The number of carbonyl (C=O) groups excluding carboxylic acids is 1. The third-order valence-corrected chi connectivity index (χ3v) is 5.21. The number of aliphatic carboxylic acids is 2. The van der Waals surface area contributed by atoms with Gasteiger partial charge in [-0.3, -0.25) is 14.9 Å². The van der Waals surface area contributed by atoms with Crippen molar-refractivity contribution >= 4 is 39.5 Å². The summed E-state index contributed by atoms with van der Waals surface area (Å²) in [7, 11) is 0. The van der Waals surface area contributed by atoms with Gasteiger partial charge in [-0.25, -0.2) is 9.59 Å². The second-order valence-corrected chi connectivity index (χ2v) is 8.12. The number of carboxylic acids is 2. The van der Waals surface area contributed by atoms with Gasteiger partial charge in [0.2, 0.25) is 5.54 Å². The van der Waals surface area contributed by atoms with E-state index in [1.165, 1.54) is 24.3 Å². The van der Waals surface area contributed by atoms with Gasteiger partial charge in [-0.1, -0.05) is 28.1 Å². The largest absolute Gasteiger partial charge is 0.480 e. The van der Waals surface area contributed by atoms with Crippen LogP contribution in [0.1, 0.15) is 15.9 Å². The zero-order valence-corrected chi connectivity index (χ0v) is 19.1. The van der Waals surface area contributed by atoms with E-state index in [1.54, 1.807) is 5.32 Å². The first kappa shape index (κ1) is 28.4. The molecule has 2 rings (SSSR count). The first-order chi connectivity index (χ1) is 16.5. The summed E-state index contributed by atoms with van der Waals surface area (Å²) in [6, 6.07) is 7.34. The highest BCUT2D eigenvalue weighted by atomic mass is 79.9. The molecule has 0 saturated carbocycles. The zero-order chi connectivity index (χ0) is 27.5. The molecule has 0 aliphatic rings. The van der Waals surface area contributed by atoms with E-state index in [2.05, 4.69) is 20.7 Å². The van der Waals surface area contributed by atoms with Crippen LogP contribution in [0.25, 0.3) is 0 Å². The zero-order valence-electron chi connectivity index (χ0n) is 17.5. The topological polar surface area (TPSA) is 156 Å². The molecule has 0 radical (unpaired) electrons. The normalized spacial score (nSPS) is 12.1. The Balaban J connectivity index is 2.43. The second-order valence-electron chi connectivity index (χ2n) is 7.20. The van der Waals surface area contributed by atoms with Gasteiger partial charge in [-0.2, -0.15) is 22.0 Å². The summed E-state index contributed by atoms with van der Waals surface area (Å²) in [6.07, 6.45) is -6.79. The van der Waals surface area contributed by atoms with Crippen LogP contribution in [-0.4, -0.2) is 57.2 Å². The van der Waals surface area contributed by atoms with Crippen LogP contribution in [0.15, 0.2) is 46.9 Å². The first-order valence-electron chi connectivity index (χ1n) is 9.40. The lowest BCUT2D eigenvalue weighted by molar-refractivity contribution is -0.386. The van der Waals surface area contributed by atoms with Gasteiger partial charge in [0.05, 0.1) is 4.92 Å². The molecule has 3 N–H and O–H groups in total. The lowest BCUT2D eigenvalue weighted by Gasteiger charge is -2.26. The summed E-state index contributed by atoms with van der Waals surface area (Å²) < 4.78 is 68.5. The number of hydrogen-bond donors (Lipinski definition) is 3. The van der Waals surface area contributed by atoms with Crippen molar-refractivity contribution in [3.05, 3.63) is 68.2 Å². The smallest absolute Gasteiger partial charge is 0.456 e. The summed E-state index contributed by atoms with van der Waals surface area (Å²) >= 11 is 3.14. The Morgan fingerprint density at radius 3 is 2.03 bits per heavy atom. The van der Waals surface area contributed by atoms with Gasteiger partial charge in [0.25, 0.3) is 5.91 Å². The minimum atomic E-state index is -6.04. The van der Waals surface area contributed by atoms with Crippen LogP contribution in [0.4, 0.5) is 27.6 Å². The Hall–Kier alpha value is -3.82. The molecular weight excluding hydrogens is 571 g/mol. The molecule has 1 amide bonds. The molecule has 0 aromatic heterocycles. The van der Waals surface area contributed by atoms with Gasteiger partial charge in [-0.05, 0) is 23.8 Å². The van der Waals surface area contributed by atoms with Crippen LogP contribution in [0.3, 0.4) is 0 Å². The minimum absolute atomic E-state index is 0.172. The summed E-state index contributed by atoms with van der Waals surface area (Å²) in [6.45, 7) is -2.36. The molecule has 0 spiro atoms. The number of hydrogen-bond acceptors (Lipinski definition) is 6. The molecule has 10 nitrogen and oxygen atoms in total. The lowest BCUT2D eigenvalue weighted by atomic mass is 9.90. The number of alkyl halides is 5. The van der Waals surface area contributed by atoms with Crippen molar-refractivity contribution in [1.82, 2.24) is 5.32 Å². The highest BCUT2D eigenvalue weighted by molar-refractivity contribution is 9.10. The van der Waals surface area contributed by atoms with Crippen molar-refractivity contribution in [2.45, 2.75) is 24.1 Å². The van der Waals surface area contributed by atoms with Crippen LogP contribution in [0, 0.1) is 10.1 Å². The van der Waals surface area contributed by atoms with E-state index in [0.717, 1.165) is 0 Å². The molecule has 2 aromatic rings. The molecule has 0 aliphatic carbocycles. The monoisotopic (exact) mass is 584 g/mol. The van der Waals surface area contributed by atoms with Crippen LogP contribution in [0.5, 0.6) is 5.75 Å². The molecule has 0 atom stereocenters. The molecule has 0 heterocycles. The number of halogens is 6. The van der Waals surface area contributed by atoms with E-state index in [-0.39, 0.29) is 5.56 Å². The second kappa shape index (κ2) is 10.4. The third kappa shape index (κ3) is 6.24. The third-order valence-electron chi connectivity index (χ3n) is 4.68. The quantitative estimate of drug-likeness (QED) is 0.165.